The minimum Gasteiger partial charge on any atom is -0.237 e. The Balaban J connectivity index is 1.00. The fourth-order valence-electron chi connectivity index (χ4n) is 14.2. The van der Waals surface area contributed by atoms with E-state index in [2.05, 4.69) is 275 Å². The molecule has 0 saturated carbocycles. The Morgan fingerprint density at radius 3 is 1.18 bits per heavy atom. The molecule has 0 aromatic heterocycles. The molecule has 11 aromatic rings. The minimum absolute atomic E-state index is 0.163. The summed E-state index contributed by atoms with van der Waals surface area (Å²) in [6.45, 7) is 4.80. The molecule has 0 saturated heterocycles. The van der Waals surface area contributed by atoms with Crippen molar-refractivity contribution in [2.24, 2.45) is 0 Å². The van der Waals surface area contributed by atoms with Crippen LogP contribution in [0, 0.1) is 0 Å². The molecule has 1 N–H and O–H groups in total. The van der Waals surface area contributed by atoms with Gasteiger partial charge in [-0.25, -0.2) is 4.90 Å². The maximum atomic E-state index is 2.52. The number of quaternary nitrogens is 1. The topological polar surface area (TPSA) is 4.44 Å². The molecule has 0 radical (unpaired) electrons. The van der Waals surface area contributed by atoms with Gasteiger partial charge in [0, 0.05) is 41.3 Å². The highest BCUT2D eigenvalue weighted by atomic mass is 15.1. The monoisotopic (exact) mass is 916 g/mol. The van der Waals surface area contributed by atoms with Crippen LogP contribution in [0.4, 0.5) is 17.1 Å². The summed E-state index contributed by atoms with van der Waals surface area (Å²) in [5.41, 5.74) is 28.6. The van der Waals surface area contributed by atoms with Gasteiger partial charge in [0.05, 0.1) is 10.8 Å². The molecule has 1 nitrogen and oxygen atoms in total. The Bertz CT molecular complexity index is 3910. The summed E-state index contributed by atoms with van der Waals surface area (Å²) < 4.78 is 0. The van der Waals surface area contributed by atoms with E-state index < -0.39 is 10.8 Å². The van der Waals surface area contributed by atoms with E-state index in [9.17, 15) is 0 Å². The van der Waals surface area contributed by atoms with Crippen molar-refractivity contribution in [3.63, 3.8) is 0 Å². The van der Waals surface area contributed by atoms with E-state index in [0.717, 1.165) is 0 Å². The third kappa shape index (κ3) is 5.31. The van der Waals surface area contributed by atoms with Crippen molar-refractivity contribution in [2.45, 2.75) is 30.1 Å². The van der Waals surface area contributed by atoms with Crippen LogP contribution < -0.4 is 4.90 Å². The van der Waals surface area contributed by atoms with Crippen LogP contribution in [0.15, 0.2) is 261 Å². The summed E-state index contributed by atoms with van der Waals surface area (Å²) >= 11 is 0. The Kier molecular flexibility index (Phi) is 8.69. The molecule has 0 bridgehead atoms. The third-order valence-electron chi connectivity index (χ3n) is 17.1. The van der Waals surface area contributed by atoms with E-state index in [-0.39, 0.29) is 5.41 Å². The number of hydrogen-bond donors (Lipinski definition) is 1. The van der Waals surface area contributed by atoms with Crippen LogP contribution in [-0.4, -0.2) is 0 Å². The summed E-state index contributed by atoms with van der Waals surface area (Å²) in [5.74, 6) is 0. The van der Waals surface area contributed by atoms with Gasteiger partial charge in [-0.15, -0.1) is 0 Å². The van der Waals surface area contributed by atoms with Crippen LogP contribution in [0.3, 0.4) is 0 Å². The maximum absolute atomic E-state index is 2.52. The first-order valence-electron chi connectivity index (χ1n) is 25.5. The normalized spacial score (nSPS) is 15.4. The molecule has 1 atom stereocenters. The summed E-state index contributed by atoms with van der Waals surface area (Å²) in [4.78, 5) is 1.24. The second-order valence-electron chi connectivity index (χ2n) is 20.8. The van der Waals surface area contributed by atoms with Gasteiger partial charge in [0.15, 0.2) is 0 Å². The van der Waals surface area contributed by atoms with Gasteiger partial charge in [0.2, 0.25) is 0 Å². The summed E-state index contributed by atoms with van der Waals surface area (Å²) in [7, 11) is 0. The lowest BCUT2D eigenvalue weighted by Gasteiger charge is -2.38. The predicted molar refractivity (Wildman–Crippen MR) is 296 cm³/mol. The zero-order valence-corrected chi connectivity index (χ0v) is 40.3. The zero-order chi connectivity index (χ0) is 47.8. The van der Waals surface area contributed by atoms with Crippen molar-refractivity contribution >= 4 is 17.1 Å². The van der Waals surface area contributed by atoms with Crippen LogP contribution in [-0.2, 0) is 16.2 Å². The van der Waals surface area contributed by atoms with Crippen molar-refractivity contribution < 1.29 is 4.90 Å². The molecule has 1 heteroatoms. The molecule has 72 heavy (non-hydrogen) atoms. The summed E-state index contributed by atoms with van der Waals surface area (Å²) in [5, 5.41) is 0. The van der Waals surface area contributed by atoms with Crippen LogP contribution >= 0.6 is 0 Å². The average Bonchev–Trinajstić information content (AvgIpc) is 3.98. The van der Waals surface area contributed by atoms with Gasteiger partial charge in [-0.2, -0.15) is 0 Å². The average molecular weight is 917 g/mol. The highest BCUT2D eigenvalue weighted by Crippen LogP contribution is 2.64. The van der Waals surface area contributed by atoms with Crippen molar-refractivity contribution in [2.75, 3.05) is 0 Å². The van der Waals surface area contributed by atoms with Gasteiger partial charge in [0.25, 0.3) is 0 Å². The van der Waals surface area contributed by atoms with E-state index >= 15 is 0 Å². The van der Waals surface area contributed by atoms with Crippen molar-refractivity contribution in [3.05, 3.63) is 316 Å². The molecule has 0 fully saturated rings. The molecule has 4 aliphatic carbocycles. The van der Waals surface area contributed by atoms with Gasteiger partial charge in [-0.05, 0) is 112 Å². The lowest BCUT2D eigenvalue weighted by Crippen LogP contribution is -2.96. The first-order valence-corrected chi connectivity index (χ1v) is 25.5. The summed E-state index contributed by atoms with van der Waals surface area (Å²) in [6.07, 6.45) is 0. The largest absolute Gasteiger partial charge is 0.237 e. The van der Waals surface area contributed by atoms with Gasteiger partial charge in [-0.1, -0.05) is 238 Å². The predicted octanol–water partition coefficient (Wildman–Crippen LogP) is 16.5. The molecule has 0 amide bonds. The van der Waals surface area contributed by atoms with Crippen LogP contribution in [0.25, 0.3) is 55.6 Å². The number of fused-ring (bicyclic) bond motifs is 18. The number of hydrogen-bond acceptors (Lipinski definition) is 0. The molecule has 338 valence electrons. The Hall–Kier alpha value is -8.62. The van der Waals surface area contributed by atoms with Crippen molar-refractivity contribution in [1.29, 1.82) is 0 Å². The first-order chi connectivity index (χ1) is 35.5. The first kappa shape index (κ1) is 41.2. The second-order valence-corrected chi connectivity index (χ2v) is 20.8. The smallest absolute Gasteiger partial charge is 0.149 e. The molecule has 4 aliphatic rings. The minimum atomic E-state index is -0.627. The van der Waals surface area contributed by atoms with Gasteiger partial charge in [0.1, 0.15) is 17.1 Å². The standard InChI is InChI=1S/C71H49N/c1-69(2)59-31-14-8-27-54(59)57-44-43-49(45-66(57)69)72(67-38-20-37-65-68(67)58-30-13-19-36-64(58)71(65)62-34-17-11-28-55(62)56-29-12-18-35-63(56)71)48-41-39-47(40-42-48)70(46-21-4-3-5-22-46)60-32-15-9-25-52(60)50-23-6-7-24-51(50)53-26-10-16-33-61(53)70/h3-45H,1-2H3/p+1. The fraction of sp³-hybridized carbons (Fsp3) is 0.0704. The lowest BCUT2D eigenvalue weighted by atomic mass is 9.63. The molecule has 0 aliphatic heterocycles. The van der Waals surface area contributed by atoms with Gasteiger partial charge < -0.3 is 0 Å². The van der Waals surface area contributed by atoms with Gasteiger partial charge >= 0.3 is 0 Å². The van der Waals surface area contributed by atoms with Crippen LogP contribution in [0.2, 0.25) is 0 Å². The zero-order valence-electron chi connectivity index (χ0n) is 40.3. The summed E-state index contributed by atoms with van der Waals surface area (Å²) in [6, 6.07) is 99.2. The molecular weight excluding hydrogens is 867 g/mol. The van der Waals surface area contributed by atoms with Gasteiger partial charge in [-0.3, -0.25) is 0 Å². The second kappa shape index (κ2) is 15.2. The Morgan fingerprint density at radius 1 is 0.250 bits per heavy atom. The maximum Gasteiger partial charge on any atom is 0.149 e. The van der Waals surface area contributed by atoms with E-state index in [1.165, 1.54) is 133 Å². The number of benzene rings is 11. The SMILES string of the molecule is CC1(C)c2ccccc2-c2ccc([NH+](c3ccc(C4(c5ccccc5)c5ccccc5-c5ccccc5-c5ccccc54)cc3)c3cccc4c3-c3ccccc3C43c4ccccc4-c4ccccc43)cc21. The molecule has 0 heterocycles. The number of rotatable bonds is 5. The van der Waals surface area contributed by atoms with E-state index in [1.807, 2.05) is 0 Å². The molecule has 1 spiro atoms. The quantitative estimate of drug-likeness (QED) is 0.175. The van der Waals surface area contributed by atoms with E-state index in [0.29, 0.717) is 0 Å². The third-order valence-corrected chi connectivity index (χ3v) is 17.1. The lowest BCUT2D eigenvalue weighted by molar-refractivity contribution is -0.680. The molecule has 11 aromatic carbocycles. The number of nitrogens with one attached hydrogen (secondary N) is 1. The van der Waals surface area contributed by atoms with Crippen molar-refractivity contribution in [3.8, 4) is 55.6 Å². The Labute approximate surface area is 422 Å². The highest BCUT2D eigenvalue weighted by molar-refractivity contribution is 5.98. The van der Waals surface area contributed by atoms with Crippen LogP contribution in [0.5, 0.6) is 0 Å². The van der Waals surface area contributed by atoms with Crippen molar-refractivity contribution in [1.82, 2.24) is 0 Å². The molecule has 1 unspecified atom stereocenters. The van der Waals surface area contributed by atoms with E-state index in [1.54, 1.807) is 0 Å². The highest BCUT2D eigenvalue weighted by Gasteiger charge is 2.53. The van der Waals surface area contributed by atoms with E-state index in [4.69, 9.17) is 0 Å². The Morgan fingerprint density at radius 2 is 0.625 bits per heavy atom. The fourth-order valence-corrected chi connectivity index (χ4v) is 14.2. The van der Waals surface area contributed by atoms with Crippen LogP contribution in [0.1, 0.15) is 69.5 Å². The molecule has 15 rings (SSSR count). The molecular formula is C71H50N+.